The van der Waals surface area contributed by atoms with Gasteiger partial charge in [-0.05, 0) is 19.4 Å². The van der Waals surface area contributed by atoms with Crippen molar-refractivity contribution >= 4 is 27.4 Å². The molecule has 4 nitrogen and oxygen atoms in total. The van der Waals surface area contributed by atoms with E-state index in [0.717, 1.165) is 29.1 Å². The molecular weight excluding hydrogens is 306 g/mol. The molecular formula is C18H19N3OS. The lowest BCUT2D eigenvalue weighted by molar-refractivity contribution is -0.00537. The quantitative estimate of drug-likeness (QED) is 0.714. The van der Waals surface area contributed by atoms with E-state index in [9.17, 15) is 0 Å². The van der Waals surface area contributed by atoms with E-state index < -0.39 is 0 Å². The van der Waals surface area contributed by atoms with Crippen LogP contribution in [0.15, 0.2) is 42.0 Å². The Bertz CT molecular complexity index is 808. The largest absolute Gasteiger partial charge is 0.372 e. The maximum atomic E-state index is 5.86. The van der Waals surface area contributed by atoms with Crippen LogP contribution in [-0.4, -0.2) is 35.3 Å². The van der Waals surface area contributed by atoms with Crippen molar-refractivity contribution in [3.63, 3.8) is 0 Å². The third-order valence-corrected chi connectivity index (χ3v) is 5.04. The Labute approximate surface area is 139 Å². The van der Waals surface area contributed by atoms with E-state index in [1.54, 1.807) is 17.7 Å². The summed E-state index contributed by atoms with van der Waals surface area (Å²) in [5, 5.41) is 3.34. The Hall–Kier alpha value is -1.98. The average molecular weight is 325 g/mol. The van der Waals surface area contributed by atoms with E-state index in [1.165, 1.54) is 11.1 Å². The van der Waals surface area contributed by atoms with Crippen LogP contribution in [0.4, 0.5) is 5.82 Å². The van der Waals surface area contributed by atoms with Gasteiger partial charge in [0.1, 0.15) is 17.0 Å². The molecule has 0 spiro atoms. The summed E-state index contributed by atoms with van der Waals surface area (Å²) in [6.45, 7) is 5.96. The van der Waals surface area contributed by atoms with Crippen LogP contribution in [0.1, 0.15) is 13.8 Å². The summed E-state index contributed by atoms with van der Waals surface area (Å²) in [6, 6.07) is 10.5. The van der Waals surface area contributed by atoms with Gasteiger partial charge in [-0.1, -0.05) is 30.3 Å². The third-order valence-electron chi connectivity index (χ3n) is 4.15. The lowest BCUT2D eigenvalue weighted by atomic mass is 10.1. The van der Waals surface area contributed by atoms with Crippen LogP contribution >= 0.6 is 11.3 Å². The van der Waals surface area contributed by atoms with Gasteiger partial charge in [-0.2, -0.15) is 0 Å². The van der Waals surface area contributed by atoms with Crippen molar-refractivity contribution in [1.82, 2.24) is 9.97 Å². The average Bonchev–Trinajstić information content (AvgIpc) is 2.99. The lowest BCUT2D eigenvalue weighted by Gasteiger charge is -2.36. The molecule has 4 rings (SSSR count). The van der Waals surface area contributed by atoms with Gasteiger partial charge in [0.15, 0.2) is 0 Å². The summed E-state index contributed by atoms with van der Waals surface area (Å²) in [5.41, 5.74) is 2.43. The molecule has 0 N–H and O–H groups in total. The van der Waals surface area contributed by atoms with Crippen molar-refractivity contribution in [1.29, 1.82) is 0 Å². The first kappa shape index (κ1) is 14.6. The Morgan fingerprint density at radius 2 is 1.83 bits per heavy atom. The molecule has 1 aliphatic rings. The van der Waals surface area contributed by atoms with Crippen LogP contribution in [0.25, 0.3) is 21.3 Å². The van der Waals surface area contributed by atoms with Gasteiger partial charge in [-0.25, -0.2) is 9.97 Å². The van der Waals surface area contributed by atoms with Gasteiger partial charge in [0, 0.05) is 24.0 Å². The third kappa shape index (κ3) is 2.71. The monoisotopic (exact) mass is 325 g/mol. The summed E-state index contributed by atoms with van der Waals surface area (Å²) in [6.07, 6.45) is 2.10. The summed E-state index contributed by atoms with van der Waals surface area (Å²) >= 11 is 1.68. The predicted octanol–water partition coefficient (Wildman–Crippen LogP) is 3.97. The fraction of sp³-hybridized carbons (Fsp3) is 0.333. The Kier molecular flexibility index (Phi) is 3.75. The molecule has 1 saturated heterocycles. The standard InChI is InChI=1S/C18H19N3OS/c1-12-8-21(9-13(2)22-12)17-16-15(14-6-4-3-5-7-14)10-23-18(16)20-11-19-17/h3-7,10-13H,8-9H2,1-2H3/t12-,13-/m1/s1. The molecule has 1 aromatic carbocycles. The molecule has 0 bridgehead atoms. The van der Waals surface area contributed by atoms with Gasteiger partial charge >= 0.3 is 0 Å². The topological polar surface area (TPSA) is 38.2 Å². The fourth-order valence-electron chi connectivity index (χ4n) is 3.28. The van der Waals surface area contributed by atoms with Gasteiger partial charge < -0.3 is 9.64 Å². The van der Waals surface area contributed by atoms with E-state index in [1.807, 2.05) is 6.07 Å². The highest BCUT2D eigenvalue weighted by Crippen LogP contribution is 2.38. The number of fused-ring (bicyclic) bond motifs is 1. The maximum absolute atomic E-state index is 5.86. The number of hydrogen-bond donors (Lipinski definition) is 0. The number of thiophene rings is 1. The van der Waals surface area contributed by atoms with Crippen LogP contribution in [0.5, 0.6) is 0 Å². The van der Waals surface area contributed by atoms with Gasteiger partial charge in [0.25, 0.3) is 0 Å². The second kappa shape index (κ2) is 5.91. The first-order chi connectivity index (χ1) is 11.2. The van der Waals surface area contributed by atoms with E-state index >= 15 is 0 Å². The van der Waals surface area contributed by atoms with Crippen molar-refractivity contribution in [2.24, 2.45) is 0 Å². The zero-order chi connectivity index (χ0) is 15.8. The van der Waals surface area contributed by atoms with Gasteiger partial charge in [-0.15, -0.1) is 11.3 Å². The van der Waals surface area contributed by atoms with Crippen molar-refractivity contribution in [2.45, 2.75) is 26.1 Å². The predicted molar refractivity (Wildman–Crippen MR) is 95.1 cm³/mol. The molecule has 23 heavy (non-hydrogen) atoms. The number of rotatable bonds is 2. The zero-order valence-corrected chi connectivity index (χ0v) is 14.1. The molecule has 0 amide bonds. The van der Waals surface area contributed by atoms with Gasteiger partial charge in [0.05, 0.1) is 17.6 Å². The van der Waals surface area contributed by atoms with Crippen LogP contribution < -0.4 is 4.90 Å². The molecule has 0 saturated carbocycles. The smallest absolute Gasteiger partial charge is 0.141 e. The lowest BCUT2D eigenvalue weighted by Crippen LogP contribution is -2.45. The highest BCUT2D eigenvalue weighted by Gasteiger charge is 2.26. The Morgan fingerprint density at radius 3 is 2.57 bits per heavy atom. The van der Waals surface area contributed by atoms with E-state index in [2.05, 4.69) is 58.4 Å². The number of morpholine rings is 1. The van der Waals surface area contributed by atoms with E-state index in [-0.39, 0.29) is 12.2 Å². The second-order valence-corrected chi connectivity index (χ2v) is 6.91. The van der Waals surface area contributed by atoms with Crippen LogP contribution in [-0.2, 0) is 4.74 Å². The summed E-state index contributed by atoms with van der Waals surface area (Å²) in [4.78, 5) is 12.5. The molecule has 1 fully saturated rings. The van der Waals surface area contributed by atoms with Crippen molar-refractivity contribution < 1.29 is 4.74 Å². The molecule has 0 unspecified atom stereocenters. The number of nitrogens with zero attached hydrogens (tertiary/aromatic N) is 3. The molecule has 5 heteroatoms. The minimum atomic E-state index is 0.211. The second-order valence-electron chi connectivity index (χ2n) is 6.06. The summed E-state index contributed by atoms with van der Waals surface area (Å²) < 4.78 is 5.86. The maximum Gasteiger partial charge on any atom is 0.141 e. The van der Waals surface area contributed by atoms with Crippen LogP contribution in [0.3, 0.4) is 0 Å². The molecule has 118 valence electrons. The highest BCUT2D eigenvalue weighted by molar-refractivity contribution is 7.17. The van der Waals surface area contributed by atoms with Crippen molar-refractivity contribution in [3.05, 3.63) is 42.0 Å². The molecule has 2 aromatic heterocycles. The summed E-state index contributed by atoms with van der Waals surface area (Å²) in [7, 11) is 0. The van der Waals surface area contributed by atoms with Crippen molar-refractivity contribution in [3.8, 4) is 11.1 Å². The Balaban J connectivity index is 1.85. The SMILES string of the molecule is C[C@@H]1CN(c2ncnc3scc(-c4ccccc4)c23)C[C@@H](C)O1. The zero-order valence-electron chi connectivity index (χ0n) is 13.3. The fourth-order valence-corrected chi connectivity index (χ4v) is 4.19. The first-order valence-electron chi connectivity index (χ1n) is 7.90. The van der Waals surface area contributed by atoms with Crippen LogP contribution in [0, 0.1) is 0 Å². The minimum absolute atomic E-state index is 0.211. The number of anilines is 1. The number of ether oxygens (including phenoxy) is 1. The van der Waals surface area contributed by atoms with E-state index in [4.69, 9.17) is 4.74 Å². The van der Waals surface area contributed by atoms with Gasteiger partial charge in [-0.3, -0.25) is 0 Å². The summed E-state index contributed by atoms with van der Waals surface area (Å²) in [5.74, 6) is 1.03. The first-order valence-corrected chi connectivity index (χ1v) is 8.78. The van der Waals surface area contributed by atoms with Crippen LogP contribution in [0.2, 0.25) is 0 Å². The number of benzene rings is 1. The minimum Gasteiger partial charge on any atom is -0.372 e. The highest BCUT2D eigenvalue weighted by atomic mass is 32.1. The van der Waals surface area contributed by atoms with Gasteiger partial charge in [0.2, 0.25) is 0 Å². The molecule has 2 atom stereocenters. The molecule has 0 aliphatic carbocycles. The number of hydrogen-bond acceptors (Lipinski definition) is 5. The van der Waals surface area contributed by atoms with Crippen molar-refractivity contribution in [2.75, 3.05) is 18.0 Å². The van der Waals surface area contributed by atoms with E-state index in [0.29, 0.717) is 0 Å². The Morgan fingerprint density at radius 1 is 1.09 bits per heavy atom. The number of aromatic nitrogens is 2. The molecule has 3 aromatic rings. The molecule has 0 radical (unpaired) electrons. The molecule has 1 aliphatic heterocycles. The normalized spacial score (nSPS) is 21.7. The molecule has 3 heterocycles.